The lowest BCUT2D eigenvalue weighted by Crippen LogP contribution is -2.23. The van der Waals surface area contributed by atoms with Crippen LogP contribution in [0.1, 0.15) is 12.5 Å². The number of imidazole rings is 1. The number of nitrogens with one attached hydrogen (secondary N) is 1. The molecule has 2 heterocycles. The molecule has 1 N–H and O–H groups in total. The second kappa shape index (κ2) is 5.82. The third kappa shape index (κ3) is 3.47. The van der Waals surface area contributed by atoms with Gasteiger partial charge < -0.3 is 9.88 Å². The van der Waals surface area contributed by atoms with Crippen LogP contribution in [0.5, 0.6) is 0 Å². The highest BCUT2D eigenvalue weighted by Crippen LogP contribution is 2.05. The molecule has 0 aliphatic heterocycles. The Morgan fingerprint density at radius 1 is 1.56 bits per heavy atom. The molecule has 2 aromatic heterocycles. The fourth-order valence-electron chi connectivity index (χ4n) is 1.68. The van der Waals surface area contributed by atoms with Gasteiger partial charge in [-0.15, -0.1) is 0 Å². The Balaban J connectivity index is 1.66. The van der Waals surface area contributed by atoms with Crippen LogP contribution in [-0.4, -0.2) is 16.1 Å². The number of hydrogen-bond donors (Lipinski definition) is 1. The highest BCUT2D eigenvalue weighted by atomic mass is 32.1. The molecule has 2 rings (SSSR count). The average Bonchev–Trinajstić information content (AvgIpc) is 2.90. The molecule has 86 valence electrons. The maximum Gasteiger partial charge on any atom is 0.0946 e. The van der Waals surface area contributed by atoms with E-state index in [1.165, 1.54) is 5.56 Å². The summed E-state index contributed by atoms with van der Waals surface area (Å²) in [5.41, 5.74) is 1.37. The Kier molecular flexibility index (Phi) is 4.13. The summed E-state index contributed by atoms with van der Waals surface area (Å²) >= 11 is 1.75. The Morgan fingerprint density at radius 2 is 2.50 bits per heavy atom. The highest BCUT2D eigenvalue weighted by Gasteiger charge is 2.02. The van der Waals surface area contributed by atoms with Gasteiger partial charge in [-0.3, -0.25) is 0 Å². The van der Waals surface area contributed by atoms with Crippen LogP contribution in [0.4, 0.5) is 0 Å². The molecule has 16 heavy (non-hydrogen) atoms. The van der Waals surface area contributed by atoms with Gasteiger partial charge in [-0.1, -0.05) is 6.92 Å². The largest absolute Gasteiger partial charge is 0.337 e. The van der Waals surface area contributed by atoms with Gasteiger partial charge in [0.15, 0.2) is 0 Å². The minimum Gasteiger partial charge on any atom is -0.337 e. The van der Waals surface area contributed by atoms with Gasteiger partial charge >= 0.3 is 0 Å². The molecule has 0 spiro atoms. The third-order valence-corrected chi connectivity index (χ3v) is 3.22. The Hall–Kier alpha value is -1.13. The van der Waals surface area contributed by atoms with E-state index >= 15 is 0 Å². The first-order chi connectivity index (χ1) is 7.84. The van der Waals surface area contributed by atoms with Gasteiger partial charge in [0.25, 0.3) is 0 Å². The molecule has 0 saturated carbocycles. The quantitative estimate of drug-likeness (QED) is 0.833. The van der Waals surface area contributed by atoms with Crippen molar-refractivity contribution in [3.05, 3.63) is 41.1 Å². The van der Waals surface area contributed by atoms with Crippen LogP contribution in [0.2, 0.25) is 0 Å². The van der Waals surface area contributed by atoms with Crippen LogP contribution >= 0.6 is 11.3 Å². The number of rotatable bonds is 6. The Bertz CT molecular complexity index is 380. The molecule has 3 nitrogen and oxygen atoms in total. The van der Waals surface area contributed by atoms with Crippen molar-refractivity contribution in [2.24, 2.45) is 5.92 Å². The SMILES string of the molecule is CC(CNCc1ccsc1)Cn1ccnc1. The van der Waals surface area contributed by atoms with E-state index in [1.807, 2.05) is 18.7 Å². The Labute approximate surface area is 100 Å². The second-order valence-electron chi connectivity index (χ2n) is 4.13. The van der Waals surface area contributed by atoms with Crippen molar-refractivity contribution < 1.29 is 0 Å². The van der Waals surface area contributed by atoms with E-state index in [0.29, 0.717) is 5.92 Å². The number of aromatic nitrogens is 2. The molecule has 4 heteroatoms. The monoisotopic (exact) mass is 235 g/mol. The molecule has 2 aromatic rings. The van der Waals surface area contributed by atoms with Crippen LogP contribution in [0, 0.1) is 5.92 Å². The minimum atomic E-state index is 0.618. The molecule has 1 atom stereocenters. The van der Waals surface area contributed by atoms with Crippen molar-refractivity contribution in [2.75, 3.05) is 6.54 Å². The van der Waals surface area contributed by atoms with E-state index in [-0.39, 0.29) is 0 Å². The molecule has 0 saturated heterocycles. The molecule has 0 radical (unpaired) electrons. The zero-order chi connectivity index (χ0) is 11.2. The van der Waals surface area contributed by atoms with Crippen molar-refractivity contribution in [1.82, 2.24) is 14.9 Å². The normalized spacial score (nSPS) is 12.8. The van der Waals surface area contributed by atoms with Gasteiger partial charge in [0.2, 0.25) is 0 Å². The maximum atomic E-state index is 4.04. The van der Waals surface area contributed by atoms with Crippen LogP contribution in [0.15, 0.2) is 35.5 Å². The summed E-state index contributed by atoms with van der Waals surface area (Å²) in [5.74, 6) is 0.618. The summed E-state index contributed by atoms with van der Waals surface area (Å²) in [5, 5.41) is 7.78. The smallest absolute Gasteiger partial charge is 0.0946 e. The average molecular weight is 235 g/mol. The maximum absolute atomic E-state index is 4.04. The van der Waals surface area contributed by atoms with E-state index < -0.39 is 0 Å². The first kappa shape index (κ1) is 11.4. The lowest BCUT2D eigenvalue weighted by molar-refractivity contribution is 0.445. The molecule has 0 fully saturated rings. The number of nitrogens with zero attached hydrogens (tertiary/aromatic N) is 2. The summed E-state index contributed by atoms with van der Waals surface area (Å²) in [6, 6.07) is 2.16. The highest BCUT2D eigenvalue weighted by molar-refractivity contribution is 7.07. The van der Waals surface area contributed by atoms with Gasteiger partial charge in [-0.25, -0.2) is 4.98 Å². The zero-order valence-corrected chi connectivity index (χ0v) is 10.3. The Morgan fingerprint density at radius 3 is 3.19 bits per heavy atom. The number of hydrogen-bond acceptors (Lipinski definition) is 3. The fraction of sp³-hybridized carbons (Fsp3) is 0.417. The lowest BCUT2D eigenvalue weighted by Gasteiger charge is -2.12. The van der Waals surface area contributed by atoms with E-state index in [0.717, 1.165) is 19.6 Å². The second-order valence-corrected chi connectivity index (χ2v) is 4.91. The van der Waals surface area contributed by atoms with Crippen molar-refractivity contribution >= 4 is 11.3 Å². The van der Waals surface area contributed by atoms with E-state index in [1.54, 1.807) is 11.3 Å². The van der Waals surface area contributed by atoms with Crippen molar-refractivity contribution in [3.8, 4) is 0 Å². The van der Waals surface area contributed by atoms with Gasteiger partial charge in [0, 0.05) is 25.5 Å². The van der Waals surface area contributed by atoms with E-state index in [4.69, 9.17) is 0 Å². The van der Waals surface area contributed by atoms with E-state index in [9.17, 15) is 0 Å². The number of thiophene rings is 1. The molecule has 0 bridgehead atoms. The van der Waals surface area contributed by atoms with E-state index in [2.05, 4.69) is 38.6 Å². The molecular formula is C12H17N3S. The van der Waals surface area contributed by atoms with Crippen molar-refractivity contribution in [1.29, 1.82) is 0 Å². The first-order valence-electron chi connectivity index (χ1n) is 5.52. The van der Waals surface area contributed by atoms with Gasteiger partial charge in [-0.05, 0) is 34.9 Å². The van der Waals surface area contributed by atoms with Gasteiger partial charge in [-0.2, -0.15) is 11.3 Å². The lowest BCUT2D eigenvalue weighted by atomic mass is 10.2. The molecule has 0 aromatic carbocycles. The van der Waals surface area contributed by atoms with Crippen LogP contribution < -0.4 is 5.32 Å². The summed E-state index contributed by atoms with van der Waals surface area (Å²) < 4.78 is 2.12. The zero-order valence-electron chi connectivity index (χ0n) is 9.47. The molecular weight excluding hydrogens is 218 g/mol. The van der Waals surface area contributed by atoms with Gasteiger partial charge in [0.05, 0.1) is 6.33 Å². The van der Waals surface area contributed by atoms with Crippen molar-refractivity contribution in [3.63, 3.8) is 0 Å². The first-order valence-corrected chi connectivity index (χ1v) is 6.46. The summed E-state index contributed by atoms with van der Waals surface area (Å²) in [6.45, 7) is 5.28. The fourth-order valence-corrected chi connectivity index (χ4v) is 2.34. The van der Waals surface area contributed by atoms with Crippen molar-refractivity contribution in [2.45, 2.75) is 20.0 Å². The molecule has 0 aliphatic carbocycles. The standard InChI is InChI=1S/C12H17N3S/c1-11(8-15-4-3-13-10-15)6-14-7-12-2-5-16-9-12/h2-5,9-11,14H,6-8H2,1H3. The topological polar surface area (TPSA) is 29.9 Å². The third-order valence-electron chi connectivity index (χ3n) is 2.48. The summed E-state index contributed by atoms with van der Waals surface area (Å²) in [7, 11) is 0. The molecule has 1 unspecified atom stereocenters. The summed E-state index contributed by atoms with van der Waals surface area (Å²) in [6.07, 6.45) is 5.70. The molecule has 0 aliphatic rings. The van der Waals surface area contributed by atoms with Crippen LogP contribution in [0.25, 0.3) is 0 Å². The molecule has 0 amide bonds. The predicted molar refractivity (Wildman–Crippen MR) is 67.4 cm³/mol. The predicted octanol–water partition coefficient (Wildman–Crippen LogP) is 2.37. The van der Waals surface area contributed by atoms with Crippen LogP contribution in [0.3, 0.4) is 0 Å². The van der Waals surface area contributed by atoms with Crippen LogP contribution in [-0.2, 0) is 13.1 Å². The van der Waals surface area contributed by atoms with Gasteiger partial charge in [0.1, 0.15) is 0 Å². The minimum absolute atomic E-state index is 0.618. The summed E-state index contributed by atoms with van der Waals surface area (Å²) in [4.78, 5) is 4.04.